The molecule has 0 saturated carbocycles. The second kappa shape index (κ2) is 9.25. The average Bonchev–Trinajstić information content (AvgIpc) is 3.51. The number of guanidine groups is 1. The van der Waals surface area contributed by atoms with E-state index >= 15 is 0 Å². The molecular formula is C21H25N7O2. The lowest BCUT2D eigenvalue weighted by atomic mass is 10.2. The Morgan fingerprint density at radius 2 is 2.00 bits per heavy atom. The Bertz CT molecular complexity index is 975. The first kappa shape index (κ1) is 19.7. The Labute approximate surface area is 175 Å². The molecular weight excluding hydrogens is 382 g/mol. The minimum Gasteiger partial charge on any atom is -0.459 e. The second-order valence-electron chi connectivity index (χ2n) is 6.90. The first-order valence-electron chi connectivity index (χ1n) is 10.1. The van der Waals surface area contributed by atoms with Gasteiger partial charge in [-0.25, -0.2) is 14.7 Å². The fraction of sp³-hybridized carbons (Fsp3) is 0.333. The average molecular weight is 407 g/mol. The van der Waals surface area contributed by atoms with Gasteiger partial charge in [0, 0.05) is 51.3 Å². The van der Waals surface area contributed by atoms with E-state index in [4.69, 9.17) is 9.41 Å². The molecule has 0 aromatic carbocycles. The molecule has 1 aliphatic heterocycles. The fourth-order valence-electron chi connectivity index (χ4n) is 3.36. The van der Waals surface area contributed by atoms with Crippen molar-refractivity contribution in [2.45, 2.75) is 13.5 Å². The molecule has 1 fully saturated rings. The minimum absolute atomic E-state index is 0.0653. The minimum atomic E-state index is -0.0653. The highest BCUT2D eigenvalue weighted by molar-refractivity contribution is 5.91. The second-order valence-corrected chi connectivity index (χ2v) is 6.90. The van der Waals surface area contributed by atoms with Gasteiger partial charge in [-0.1, -0.05) is 0 Å². The number of carbonyl (C=O) groups is 1. The monoisotopic (exact) mass is 407 g/mol. The van der Waals surface area contributed by atoms with Crippen LogP contribution in [0.15, 0.2) is 64.6 Å². The summed E-state index contributed by atoms with van der Waals surface area (Å²) in [5.41, 5.74) is 1.05. The number of aromatic nitrogens is 3. The molecule has 1 aliphatic rings. The Kier molecular flexibility index (Phi) is 6.07. The number of furan rings is 1. The summed E-state index contributed by atoms with van der Waals surface area (Å²) in [6, 6.07) is 9.24. The van der Waals surface area contributed by atoms with Crippen molar-refractivity contribution in [1.29, 1.82) is 0 Å². The molecule has 30 heavy (non-hydrogen) atoms. The van der Waals surface area contributed by atoms with E-state index in [0.29, 0.717) is 38.5 Å². The molecule has 3 aromatic rings. The molecule has 0 aliphatic carbocycles. The van der Waals surface area contributed by atoms with E-state index in [9.17, 15) is 4.79 Å². The van der Waals surface area contributed by atoms with E-state index in [0.717, 1.165) is 23.9 Å². The topological polar surface area (TPSA) is 91.8 Å². The molecule has 1 saturated heterocycles. The van der Waals surface area contributed by atoms with Crippen molar-refractivity contribution in [2.75, 3.05) is 32.7 Å². The maximum absolute atomic E-state index is 12.5. The van der Waals surface area contributed by atoms with Gasteiger partial charge in [0.05, 0.1) is 12.8 Å². The van der Waals surface area contributed by atoms with Crippen LogP contribution in [-0.2, 0) is 6.54 Å². The van der Waals surface area contributed by atoms with Crippen LogP contribution in [0.3, 0.4) is 0 Å². The summed E-state index contributed by atoms with van der Waals surface area (Å²) >= 11 is 0. The third-order valence-corrected chi connectivity index (χ3v) is 4.89. The van der Waals surface area contributed by atoms with Crippen LogP contribution in [-0.4, -0.2) is 69.2 Å². The van der Waals surface area contributed by atoms with Gasteiger partial charge in [0.15, 0.2) is 17.5 Å². The van der Waals surface area contributed by atoms with Gasteiger partial charge in [-0.15, -0.1) is 0 Å². The standard InChI is InChI=1S/C21H25N7O2/c1-2-22-21(24-16-17-6-8-23-19(15-17)28-9-4-7-25-28)27-12-10-26(11-13-27)20(29)18-5-3-14-30-18/h3-9,14-15H,2,10-13,16H2,1H3,(H,22,24). The van der Waals surface area contributed by atoms with Crippen molar-refractivity contribution in [1.82, 2.24) is 29.9 Å². The van der Waals surface area contributed by atoms with Crippen LogP contribution in [0.1, 0.15) is 23.0 Å². The van der Waals surface area contributed by atoms with Crippen molar-refractivity contribution >= 4 is 11.9 Å². The molecule has 9 nitrogen and oxygen atoms in total. The largest absolute Gasteiger partial charge is 0.459 e. The maximum atomic E-state index is 12.5. The van der Waals surface area contributed by atoms with Crippen LogP contribution in [0.2, 0.25) is 0 Å². The first-order chi connectivity index (χ1) is 14.7. The first-order valence-corrected chi connectivity index (χ1v) is 10.1. The van der Waals surface area contributed by atoms with Crippen LogP contribution in [0.5, 0.6) is 0 Å². The van der Waals surface area contributed by atoms with E-state index in [-0.39, 0.29) is 5.91 Å². The SMILES string of the molecule is CCNC(=NCc1ccnc(-n2cccn2)c1)N1CCN(C(=O)c2ccco2)CC1. The Hall–Kier alpha value is -3.62. The quantitative estimate of drug-likeness (QED) is 0.512. The van der Waals surface area contributed by atoms with E-state index in [1.54, 1.807) is 29.2 Å². The molecule has 1 amide bonds. The van der Waals surface area contributed by atoms with E-state index in [1.165, 1.54) is 6.26 Å². The van der Waals surface area contributed by atoms with Crippen molar-refractivity contribution in [3.8, 4) is 5.82 Å². The van der Waals surface area contributed by atoms with Gasteiger partial charge in [0.25, 0.3) is 5.91 Å². The van der Waals surface area contributed by atoms with Gasteiger partial charge in [-0.3, -0.25) is 4.79 Å². The van der Waals surface area contributed by atoms with Gasteiger partial charge in [0.2, 0.25) is 0 Å². The zero-order valence-corrected chi connectivity index (χ0v) is 16.9. The summed E-state index contributed by atoms with van der Waals surface area (Å²) in [6.07, 6.45) is 6.89. The highest BCUT2D eigenvalue weighted by Gasteiger charge is 2.25. The van der Waals surface area contributed by atoms with E-state index < -0.39 is 0 Å². The zero-order valence-electron chi connectivity index (χ0n) is 16.9. The Morgan fingerprint density at radius 1 is 1.17 bits per heavy atom. The van der Waals surface area contributed by atoms with Crippen LogP contribution in [0.4, 0.5) is 0 Å². The predicted molar refractivity (Wildman–Crippen MR) is 112 cm³/mol. The summed E-state index contributed by atoms with van der Waals surface area (Å²) in [4.78, 5) is 25.6. The molecule has 0 radical (unpaired) electrons. The van der Waals surface area contributed by atoms with Crippen molar-refractivity contribution in [3.05, 3.63) is 66.5 Å². The molecule has 0 atom stereocenters. The molecule has 0 unspecified atom stereocenters. The summed E-state index contributed by atoms with van der Waals surface area (Å²) in [7, 11) is 0. The zero-order chi connectivity index (χ0) is 20.8. The fourth-order valence-corrected chi connectivity index (χ4v) is 3.36. The molecule has 0 bridgehead atoms. The number of nitrogens with one attached hydrogen (secondary N) is 1. The highest BCUT2D eigenvalue weighted by Crippen LogP contribution is 2.11. The van der Waals surface area contributed by atoms with Crippen molar-refractivity contribution in [2.24, 2.45) is 4.99 Å². The van der Waals surface area contributed by atoms with Crippen molar-refractivity contribution in [3.63, 3.8) is 0 Å². The summed E-state index contributed by atoms with van der Waals surface area (Å²) in [5.74, 6) is 1.93. The smallest absolute Gasteiger partial charge is 0.289 e. The number of pyridine rings is 1. The Balaban J connectivity index is 1.40. The number of rotatable bonds is 5. The Morgan fingerprint density at radius 3 is 2.70 bits per heavy atom. The number of piperazine rings is 1. The number of amides is 1. The molecule has 156 valence electrons. The molecule has 1 N–H and O–H groups in total. The number of carbonyl (C=O) groups excluding carboxylic acids is 1. The highest BCUT2D eigenvalue weighted by atomic mass is 16.3. The third-order valence-electron chi connectivity index (χ3n) is 4.89. The van der Waals surface area contributed by atoms with Gasteiger partial charge in [-0.2, -0.15) is 5.10 Å². The lowest BCUT2D eigenvalue weighted by Gasteiger charge is -2.36. The van der Waals surface area contributed by atoms with Crippen molar-refractivity contribution < 1.29 is 9.21 Å². The van der Waals surface area contributed by atoms with Crippen LogP contribution in [0.25, 0.3) is 5.82 Å². The van der Waals surface area contributed by atoms with Gasteiger partial charge in [-0.05, 0) is 42.8 Å². The molecule has 9 heteroatoms. The lowest BCUT2D eigenvalue weighted by Crippen LogP contribution is -2.53. The molecule has 0 spiro atoms. The maximum Gasteiger partial charge on any atom is 0.289 e. The van der Waals surface area contributed by atoms with E-state index in [2.05, 4.69) is 27.2 Å². The third kappa shape index (κ3) is 4.51. The number of hydrogen-bond donors (Lipinski definition) is 1. The number of aliphatic imine (C=N–C) groups is 1. The number of nitrogens with zero attached hydrogens (tertiary/aromatic N) is 6. The normalized spacial score (nSPS) is 14.8. The van der Waals surface area contributed by atoms with Gasteiger partial charge < -0.3 is 19.5 Å². The number of hydrogen-bond acceptors (Lipinski definition) is 5. The lowest BCUT2D eigenvalue weighted by molar-refractivity contribution is 0.0657. The summed E-state index contributed by atoms with van der Waals surface area (Å²) < 4.78 is 6.96. The van der Waals surface area contributed by atoms with E-state index in [1.807, 2.05) is 29.3 Å². The summed E-state index contributed by atoms with van der Waals surface area (Å²) in [6.45, 7) is 6.05. The molecule has 3 aromatic heterocycles. The van der Waals surface area contributed by atoms with Gasteiger partial charge in [0.1, 0.15) is 0 Å². The molecule has 4 heterocycles. The van der Waals surface area contributed by atoms with Crippen LogP contribution in [0, 0.1) is 0 Å². The van der Waals surface area contributed by atoms with Crippen LogP contribution >= 0.6 is 0 Å². The predicted octanol–water partition coefficient (Wildman–Crippen LogP) is 1.78. The summed E-state index contributed by atoms with van der Waals surface area (Å²) in [5, 5.41) is 7.58. The molecule has 4 rings (SSSR count). The van der Waals surface area contributed by atoms with Gasteiger partial charge >= 0.3 is 0 Å². The van der Waals surface area contributed by atoms with Crippen LogP contribution < -0.4 is 5.32 Å².